The highest BCUT2D eigenvalue weighted by Gasteiger charge is 2.27. The number of methoxy groups -OCH3 is 1. The Hall–Kier alpha value is -4.83. The van der Waals surface area contributed by atoms with Crippen molar-refractivity contribution in [3.8, 4) is 27.7 Å². The Balaban J connectivity index is 1.45. The van der Waals surface area contributed by atoms with Crippen LogP contribution in [-0.4, -0.2) is 29.5 Å². The van der Waals surface area contributed by atoms with Gasteiger partial charge < -0.3 is 9.47 Å². The van der Waals surface area contributed by atoms with Crippen molar-refractivity contribution >= 4 is 43.2 Å². The van der Waals surface area contributed by atoms with Gasteiger partial charge in [-0.15, -0.1) is 11.3 Å². The van der Waals surface area contributed by atoms with E-state index in [0.29, 0.717) is 34.8 Å². The first-order chi connectivity index (χ1) is 21.9. The van der Waals surface area contributed by atoms with Crippen LogP contribution in [0.2, 0.25) is 0 Å². The molecule has 0 aliphatic carbocycles. The second-order valence-electron chi connectivity index (χ2n) is 10.7. The highest BCUT2D eigenvalue weighted by Crippen LogP contribution is 2.40. The van der Waals surface area contributed by atoms with Gasteiger partial charge in [-0.1, -0.05) is 78.4 Å². The van der Waals surface area contributed by atoms with Crippen LogP contribution in [0.4, 0.5) is 0 Å². The summed E-state index contributed by atoms with van der Waals surface area (Å²) in [4.78, 5) is 9.94. The number of pyridine rings is 1. The van der Waals surface area contributed by atoms with E-state index in [1.807, 2.05) is 85.1 Å². The SMILES string of the molecule is COCc1c(-c2csc(-c3ccccc3)n2)ncc2c1c1cc(OCc3ccccc3)ccc1n2S(=O)(=O)c1ccc(C)cc1. The second-order valence-corrected chi connectivity index (χ2v) is 13.4. The third-order valence-corrected chi connectivity index (χ3v) is 10.3. The Morgan fingerprint density at radius 2 is 1.58 bits per heavy atom. The van der Waals surface area contributed by atoms with Crippen LogP contribution < -0.4 is 4.74 Å². The van der Waals surface area contributed by atoms with E-state index in [-0.39, 0.29) is 11.5 Å². The summed E-state index contributed by atoms with van der Waals surface area (Å²) in [6.45, 7) is 2.51. The van der Waals surface area contributed by atoms with E-state index in [2.05, 4.69) is 0 Å². The normalized spacial score (nSPS) is 11.8. The number of hydrogen-bond donors (Lipinski definition) is 0. The van der Waals surface area contributed by atoms with E-state index >= 15 is 0 Å². The fourth-order valence-corrected chi connectivity index (χ4v) is 7.84. The molecule has 0 saturated carbocycles. The molecule has 0 amide bonds. The number of ether oxygens (including phenoxy) is 2. The second kappa shape index (κ2) is 11.9. The predicted octanol–water partition coefficient (Wildman–Crippen LogP) is 8.25. The number of rotatable bonds is 9. The van der Waals surface area contributed by atoms with Crippen LogP contribution in [0.1, 0.15) is 16.7 Å². The summed E-state index contributed by atoms with van der Waals surface area (Å²) in [6.07, 6.45) is 1.63. The van der Waals surface area contributed by atoms with Gasteiger partial charge >= 0.3 is 0 Å². The highest BCUT2D eigenvalue weighted by molar-refractivity contribution is 7.90. The van der Waals surface area contributed by atoms with Crippen LogP contribution in [0.25, 0.3) is 43.8 Å². The first-order valence-corrected chi connectivity index (χ1v) is 16.7. The molecule has 4 aromatic carbocycles. The fourth-order valence-electron chi connectivity index (χ4n) is 5.52. The first kappa shape index (κ1) is 28.9. The monoisotopic (exact) mass is 631 g/mol. The molecule has 0 aliphatic rings. The third kappa shape index (κ3) is 5.39. The largest absolute Gasteiger partial charge is 0.489 e. The maximum absolute atomic E-state index is 14.3. The van der Waals surface area contributed by atoms with E-state index < -0.39 is 10.0 Å². The van der Waals surface area contributed by atoms with E-state index in [9.17, 15) is 8.42 Å². The van der Waals surface area contributed by atoms with Crippen molar-refractivity contribution in [1.82, 2.24) is 13.9 Å². The Bertz CT molecular complexity index is 2240. The van der Waals surface area contributed by atoms with Gasteiger partial charge in [0, 0.05) is 34.4 Å². The average Bonchev–Trinajstić information content (AvgIpc) is 3.69. The van der Waals surface area contributed by atoms with E-state index in [0.717, 1.165) is 38.0 Å². The van der Waals surface area contributed by atoms with Crippen molar-refractivity contribution in [2.45, 2.75) is 25.0 Å². The van der Waals surface area contributed by atoms with Gasteiger partial charge in [0.15, 0.2) is 0 Å². The zero-order valence-corrected chi connectivity index (χ0v) is 26.3. The van der Waals surface area contributed by atoms with E-state index in [4.69, 9.17) is 19.4 Å². The van der Waals surface area contributed by atoms with Gasteiger partial charge in [-0.2, -0.15) is 0 Å². The van der Waals surface area contributed by atoms with Crippen LogP contribution in [0.5, 0.6) is 5.75 Å². The number of thiazole rings is 1. The summed E-state index contributed by atoms with van der Waals surface area (Å²) < 4.78 is 41.8. The molecule has 7 rings (SSSR count). The van der Waals surface area contributed by atoms with E-state index in [1.54, 1.807) is 43.6 Å². The molecular weight excluding hydrogens is 603 g/mol. The van der Waals surface area contributed by atoms with Crippen molar-refractivity contribution in [2.24, 2.45) is 0 Å². The van der Waals surface area contributed by atoms with Crippen molar-refractivity contribution in [1.29, 1.82) is 0 Å². The lowest BCUT2D eigenvalue weighted by atomic mass is 10.0. The summed E-state index contributed by atoms with van der Waals surface area (Å²) in [5.74, 6) is 0.625. The number of benzene rings is 4. The maximum Gasteiger partial charge on any atom is 0.268 e. The molecule has 45 heavy (non-hydrogen) atoms. The van der Waals surface area contributed by atoms with Gasteiger partial charge in [0.1, 0.15) is 23.1 Å². The lowest BCUT2D eigenvalue weighted by molar-refractivity contribution is 0.186. The molecule has 0 bridgehead atoms. The maximum atomic E-state index is 14.3. The summed E-state index contributed by atoms with van der Waals surface area (Å²) in [5, 5.41) is 4.30. The van der Waals surface area contributed by atoms with Crippen molar-refractivity contribution in [2.75, 3.05) is 7.11 Å². The number of fused-ring (bicyclic) bond motifs is 3. The van der Waals surface area contributed by atoms with Gasteiger partial charge in [-0.05, 0) is 42.8 Å². The minimum atomic E-state index is -3.99. The van der Waals surface area contributed by atoms with Crippen LogP contribution in [0.3, 0.4) is 0 Å². The summed E-state index contributed by atoms with van der Waals surface area (Å²) in [7, 11) is -2.37. The van der Waals surface area contributed by atoms with Crippen LogP contribution >= 0.6 is 11.3 Å². The zero-order chi connectivity index (χ0) is 31.0. The molecule has 0 radical (unpaired) electrons. The molecule has 3 heterocycles. The van der Waals surface area contributed by atoms with Crippen molar-refractivity contribution in [3.63, 3.8) is 0 Å². The van der Waals surface area contributed by atoms with Crippen LogP contribution in [0, 0.1) is 6.92 Å². The smallest absolute Gasteiger partial charge is 0.268 e. The first-order valence-electron chi connectivity index (χ1n) is 14.4. The Labute approximate surface area is 265 Å². The number of aromatic nitrogens is 3. The van der Waals surface area contributed by atoms with Crippen LogP contribution in [-0.2, 0) is 28.0 Å². The van der Waals surface area contributed by atoms with Crippen molar-refractivity contribution < 1.29 is 17.9 Å². The number of aryl methyl sites for hydroxylation is 1. The molecule has 0 saturated heterocycles. The average molecular weight is 632 g/mol. The molecule has 0 fully saturated rings. The summed E-state index contributed by atoms with van der Waals surface area (Å²) in [5.41, 5.74) is 6.11. The van der Waals surface area contributed by atoms with Crippen LogP contribution in [0.15, 0.2) is 120 Å². The summed E-state index contributed by atoms with van der Waals surface area (Å²) >= 11 is 1.54. The minimum Gasteiger partial charge on any atom is -0.489 e. The standard InChI is InChI=1S/C36H29N3O4S2/c1-24-13-16-28(17-14-24)45(40,41)39-32-18-15-27(43-21-25-9-5-3-6-10-25)19-29(32)34-30(22-42-2)35(37-20-33(34)39)31-23-44-36(38-31)26-11-7-4-8-12-26/h3-20,23H,21-22H2,1-2H3. The molecule has 3 aromatic heterocycles. The zero-order valence-electron chi connectivity index (χ0n) is 24.7. The molecule has 0 aliphatic heterocycles. The van der Waals surface area contributed by atoms with Gasteiger partial charge in [-0.25, -0.2) is 17.4 Å². The minimum absolute atomic E-state index is 0.195. The predicted molar refractivity (Wildman–Crippen MR) is 179 cm³/mol. The molecule has 7 aromatic rings. The molecule has 0 atom stereocenters. The van der Waals surface area contributed by atoms with Crippen molar-refractivity contribution in [3.05, 3.63) is 131 Å². The molecule has 9 heteroatoms. The van der Waals surface area contributed by atoms with Gasteiger partial charge in [0.05, 0.1) is 34.4 Å². The molecular formula is C36H29N3O4S2. The van der Waals surface area contributed by atoms with Gasteiger partial charge in [-0.3, -0.25) is 4.98 Å². The Kier molecular flexibility index (Phi) is 7.66. The lowest BCUT2D eigenvalue weighted by Crippen LogP contribution is -2.13. The number of nitrogens with zero attached hydrogens (tertiary/aromatic N) is 3. The summed E-state index contributed by atoms with van der Waals surface area (Å²) in [6, 6.07) is 32.3. The quantitative estimate of drug-likeness (QED) is 0.160. The molecule has 7 nitrogen and oxygen atoms in total. The lowest BCUT2D eigenvalue weighted by Gasteiger charge is -2.11. The highest BCUT2D eigenvalue weighted by atomic mass is 32.2. The van der Waals surface area contributed by atoms with Gasteiger partial charge in [0.25, 0.3) is 10.0 Å². The Morgan fingerprint density at radius 3 is 2.31 bits per heavy atom. The molecule has 0 unspecified atom stereocenters. The van der Waals surface area contributed by atoms with Gasteiger partial charge in [0.2, 0.25) is 0 Å². The molecule has 0 spiro atoms. The third-order valence-electron chi connectivity index (χ3n) is 7.70. The topological polar surface area (TPSA) is 83.3 Å². The molecule has 224 valence electrons. The number of hydrogen-bond acceptors (Lipinski definition) is 7. The van der Waals surface area contributed by atoms with E-state index in [1.165, 1.54) is 15.3 Å². The Morgan fingerprint density at radius 1 is 0.844 bits per heavy atom. The molecule has 0 N–H and O–H groups in total. The fraction of sp³-hybridized carbons (Fsp3) is 0.111.